The first-order valence-electron chi connectivity index (χ1n) is 10.2. The number of carbonyl (C=O) groups is 2. The summed E-state index contributed by atoms with van der Waals surface area (Å²) in [6, 6.07) is 14.5. The van der Waals surface area contributed by atoms with Gasteiger partial charge >= 0.3 is 11.9 Å². The van der Waals surface area contributed by atoms with Gasteiger partial charge in [0.05, 0.1) is 25.4 Å². The fourth-order valence-corrected chi connectivity index (χ4v) is 3.24. The van der Waals surface area contributed by atoms with E-state index in [1.54, 1.807) is 52.3 Å². The Bertz CT molecular complexity index is 952. The molecule has 168 valence electrons. The summed E-state index contributed by atoms with van der Waals surface area (Å²) in [4.78, 5) is 25.4. The van der Waals surface area contributed by atoms with Crippen LogP contribution in [0.5, 0.6) is 11.5 Å². The Kier molecular flexibility index (Phi) is 7.54. The molecule has 0 aliphatic carbocycles. The summed E-state index contributed by atoms with van der Waals surface area (Å²) in [6.07, 6.45) is 0.146. The summed E-state index contributed by atoms with van der Waals surface area (Å²) >= 11 is 0. The molecule has 0 saturated heterocycles. The molecule has 1 aliphatic rings. The number of benzene rings is 2. The van der Waals surface area contributed by atoms with Crippen LogP contribution in [0.2, 0.25) is 0 Å². The largest absolute Gasteiger partial charge is 0.497 e. The maximum Gasteiger partial charge on any atom is 0.336 e. The zero-order valence-corrected chi connectivity index (χ0v) is 18.7. The van der Waals surface area contributed by atoms with Crippen LogP contribution in [0.3, 0.4) is 0 Å². The monoisotopic (exact) mass is 437 g/mol. The minimum absolute atomic E-state index is 0.125. The first-order chi connectivity index (χ1) is 15.4. The summed E-state index contributed by atoms with van der Waals surface area (Å²) in [5.41, 5.74) is 3.81. The van der Waals surface area contributed by atoms with Crippen molar-refractivity contribution in [3.8, 4) is 11.5 Å². The van der Waals surface area contributed by atoms with Crippen LogP contribution in [0, 0.1) is 0 Å². The molecule has 2 aromatic carbocycles. The molecule has 7 nitrogen and oxygen atoms in total. The Morgan fingerprint density at radius 1 is 0.719 bits per heavy atom. The van der Waals surface area contributed by atoms with E-state index in [9.17, 15) is 9.59 Å². The van der Waals surface area contributed by atoms with E-state index < -0.39 is 11.9 Å². The number of rotatable bonds is 8. The smallest absolute Gasteiger partial charge is 0.336 e. The number of hydrogen-bond donors (Lipinski definition) is 1. The second-order valence-corrected chi connectivity index (χ2v) is 7.36. The second kappa shape index (κ2) is 10.5. The van der Waals surface area contributed by atoms with E-state index in [1.165, 1.54) is 0 Å². The third kappa shape index (κ3) is 5.69. The van der Waals surface area contributed by atoms with Crippen LogP contribution >= 0.6 is 0 Å². The van der Waals surface area contributed by atoms with E-state index in [4.69, 9.17) is 18.9 Å². The molecule has 0 fully saturated rings. The van der Waals surface area contributed by atoms with Crippen LogP contribution in [0.4, 0.5) is 0 Å². The van der Waals surface area contributed by atoms with Gasteiger partial charge in [0.25, 0.3) is 0 Å². The van der Waals surface area contributed by atoms with Crippen LogP contribution in [0.25, 0.3) is 0 Å². The van der Waals surface area contributed by atoms with Gasteiger partial charge in [-0.2, -0.15) is 0 Å². The van der Waals surface area contributed by atoms with E-state index in [0.29, 0.717) is 22.5 Å². The highest BCUT2D eigenvalue weighted by atomic mass is 16.5. The van der Waals surface area contributed by atoms with Crippen LogP contribution in [-0.4, -0.2) is 26.2 Å². The van der Waals surface area contributed by atoms with Crippen molar-refractivity contribution in [1.82, 2.24) is 5.32 Å². The van der Waals surface area contributed by atoms with Crippen molar-refractivity contribution >= 4 is 11.9 Å². The summed E-state index contributed by atoms with van der Waals surface area (Å²) in [5.74, 6) is 0.513. The van der Waals surface area contributed by atoms with Crippen LogP contribution in [0.15, 0.2) is 71.1 Å². The molecule has 7 heteroatoms. The van der Waals surface area contributed by atoms with Gasteiger partial charge < -0.3 is 24.3 Å². The van der Waals surface area contributed by atoms with Crippen molar-refractivity contribution in [3.63, 3.8) is 0 Å². The Hall–Kier alpha value is -3.74. The summed E-state index contributed by atoms with van der Waals surface area (Å²) in [6.45, 7) is 3.82. The van der Waals surface area contributed by atoms with E-state index in [1.807, 2.05) is 24.3 Å². The van der Waals surface area contributed by atoms with Crippen molar-refractivity contribution in [3.05, 3.63) is 82.2 Å². The van der Waals surface area contributed by atoms with Gasteiger partial charge in [-0.3, -0.25) is 0 Å². The van der Waals surface area contributed by atoms with Gasteiger partial charge in [-0.15, -0.1) is 0 Å². The fraction of sp³-hybridized carbons (Fsp3) is 0.280. The van der Waals surface area contributed by atoms with Crippen molar-refractivity contribution in [2.45, 2.75) is 33.5 Å². The molecule has 0 bridgehead atoms. The molecule has 2 aromatic rings. The Morgan fingerprint density at radius 2 is 1.09 bits per heavy atom. The predicted molar refractivity (Wildman–Crippen MR) is 119 cm³/mol. The number of esters is 2. The third-order valence-corrected chi connectivity index (χ3v) is 5.18. The van der Waals surface area contributed by atoms with Gasteiger partial charge in [0, 0.05) is 17.8 Å². The number of ether oxygens (including phenoxy) is 4. The Balaban J connectivity index is 1.59. The molecule has 3 rings (SSSR count). The lowest BCUT2D eigenvalue weighted by molar-refractivity contribution is -0.141. The molecule has 0 atom stereocenters. The van der Waals surface area contributed by atoms with Gasteiger partial charge in [-0.25, -0.2) is 9.59 Å². The number of nitrogens with one attached hydrogen (secondary N) is 1. The Labute approximate surface area is 187 Å². The number of methoxy groups -OCH3 is 2. The normalized spacial score (nSPS) is 13.4. The zero-order chi connectivity index (χ0) is 23.1. The van der Waals surface area contributed by atoms with Crippen molar-refractivity contribution < 1.29 is 28.5 Å². The number of allylic oxidation sites excluding steroid dienone is 2. The summed E-state index contributed by atoms with van der Waals surface area (Å²) in [7, 11) is 3.19. The Morgan fingerprint density at radius 3 is 1.44 bits per heavy atom. The number of carbonyl (C=O) groups excluding carboxylic acids is 2. The van der Waals surface area contributed by atoms with Crippen molar-refractivity contribution in [2.75, 3.05) is 14.2 Å². The lowest BCUT2D eigenvalue weighted by Gasteiger charge is -2.22. The molecular weight excluding hydrogens is 410 g/mol. The van der Waals surface area contributed by atoms with Gasteiger partial charge in [-0.1, -0.05) is 24.3 Å². The molecule has 0 aromatic heterocycles. The van der Waals surface area contributed by atoms with E-state index in [-0.39, 0.29) is 19.6 Å². The highest BCUT2D eigenvalue weighted by Gasteiger charge is 2.27. The molecule has 0 radical (unpaired) electrons. The first-order valence-corrected chi connectivity index (χ1v) is 10.2. The maximum absolute atomic E-state index is 12.7. The SMILES string of the molecule is COc1ccc(COC(=O)C2=C(C)NC(C)=C(C(=O)OCc3ccc(OC)cc3)C2)cc1. The fourth-order valence-electron chi connectivity index (χ4n) is 3.24. The molecule has 0 amide bonds. The average Bonchev–Trinajstić information content (AvgIpc) is 2.81. The minimum Gasteiger partial charge on any atom is -0.497 e. The van der Waals surface area contributed by atoms with Crippen LogP contribution < -0.4 is 14.8 Å². The topological polar surface area (TPSA) is 83.1 Å². The van der Waals surface area contributed by atoms with Crippen molar-refractivity contribution in [1.29, 1.82) is 0 Å². The average molecular weight is 437 g/mol. The highest BCUT2D eigenvalue weighted by Crippen LogP contribution is 2.26. The molecule has 32 heavy (non-hydrogen) atoms. The molecule has 0 saturated carbocycles. The lowest BCUT2D eigenvalue weighted by atomic mass is 9.98. The molecule has 1 heterocycles. The van der Waals surface area contributed by atoms with Crippen LogP contribution in [-0.2, 0) is 32.3 Å². The van der Waals surface area contributed by atoms with E-state index in [0.717, 1.165) is 22.6 Å². The minimum atomic E-state index is -0.473. The first kappa shape index (κ1) is 22.9. The maximum atomic E-state index is 12.7. The molecule has 1 aliphatic heterocycles. The molecule has 1 N–H and O–H groups in total. The standard InChI is InChI=1S/C25H27NO6/c1-16-22(24(27)31-14-18-5-9-20(29-3)10-6-18)13-23(17(2)26-16)25(28)32-15-19-7-11-21(30-4)12-8-19/h5-12,26H,13-15H2,1-4H3. The van der Waals surface area contributed by atoms with Crippen molar-refractivity contribution in [2.24, 2.45) is 0 Å². The van der Waals surface area contributed by atoms with E-state index >= 15 is 0 Å². The predicted octanol–water partition coefficient (Wildman–Crippen LogP) is 4.03. The molecule has 0 spiro atoms. The summed E-state index contributed by atoms with van der Waals surface area (Å²) < 4.78 is 21.2. The molecular formula is C25H27NO6. The summed E-state index contributed by atoms with van der Waals surface area (Å²) in [5, 5.41) is 3.09. The van der Waals surface area contributed by atoms with E-state index in [2.05, 4.69) is 5.32 Å². The lowest BCUT2D eigenvalue weighted by Crippen LogP contribution is -2.26. The third-order valence-electron chi connectivity index (χ3n) is 5.18. The van der Waals surface area contributed by atoms with Gasteiger partial charge in [-0.05, 0) is 49.2 Å². The molecule has 0 unspecified atom stereocenters. The van der Waals surface area contributed by atoms with Gasteiger partial charge in [0.15, 0.2) is 0 Å². The number of hydrogen-bond acceptors (Lipinski definition) is 7. The highest BCUT2D eigenvalue weighted by molar-refractivity contribution is 5.96. The number of dihydropyridines is 1. The van der Waals surface area contributed by atoms with Gasteiger partial charge in [0.2, 0.25) is 0 Å². The van der Waals surface area contributed by atoms with Crippen LogP contribution in [0.1, 0.15) is 31.4 Å². The quantitative estimate of drug-likeness (QED) is 0.624. The zero-order valence-electron chi connectivity index (χ0n) is 18.7. The second-order valence-electron chi connectivity index (χ2n) is 7.36. The van der Waals surface area contributed by atoms with Gasteiger partial charge in [0.1, 0.15) is 24.7 Å².